The van der Waals surface area contributed by atoms with Crippen molar-refractivity contribution in [3.63, 3.8) is 0 Å². The van der Waals surface area contributed by atoms with Crippen molar-refractivity contribution in [1.29, 1.82) is 0 Å². The van der Waals surface area contributed by atoms with Crippen molar-refractivity contribution in [2.75, 3.05) is 54.5 Å². The Labute approximate surface area is 153 Å². The average molecular weight is 416 g/mol. The quantitative estimate of drug-likeness (QED) is 0.737. The number of amides is 2. The fourth-order valence-corrected chi connectivity index (χ4v) is 3.04. The van der Waals surface area contributed by atoms with Gasteiger partial charge < -0.3 is 19.7 Å². The number of cyclic esters (lactones) is 1. The normalized spacial score (nSPS) is 20.6. The molecule has 2 saturated heterocycles. The number of hydrogen-bond donors (Lipinski definition) is 1. The van der Waals surface area contributed by atoms with Crippen molar-refractivity contribution in [3.05, 3.63) is 24.0 Å². The van der Waals surface area contributed by atoms with Crippen LogP contribution in [-0.4, -0.2) is 62.8 Å². The summed E-state index contributed by atoms with van der Waals surface area (Å²) in [4.78, 5) is 26.6. The predicted molar refractivity (Wildman–Crippen MR) is 93.9 cm³/mol. The fourth-order valence-electron chi connectivity index (χ4n) is 2.84. The lowest BCUT2D eigenvalue weighted by atomic mass is 10.2. The van der Waals surface area contributed by atoms with E-state index in [0.717, 1.165) is 0 Å². The Morgan fingerprint density at radius 1 is 1.36 bits per heavy atom. The van der Waals surface area contributed by atoms with Crippen molar-refractivity contribution in [3.8, 4) is 0 Å². The minimum atomic E-state index is -0.545. The Morgan fingerprint density at radius 2 is 2.12 bits per heavy atom. The number of carbonyl (C=O) groups is 2. The summed E-state index contributed by atoms with van der Waals surface area (Å²) in [6.07, 6.45) is -1.01. The number of anilines is 2. The van der Waals surface area contributed by atoms with Crippen molar-refractivity contribution < 1.29 is 23.5 Å². The third kappa shape index (κ3) is 4.21. The maximum absolute atomic E-state index is 14.5. The van der Waals surface area contributed by atoms with E-state index in [-0.39, 0.29) is 30.1 Å². The van der Waals surface area contributed by atoms with Crippen LogP contribution in [0.15, 0.2) is 18.2 Å². The smallest absolute Gasteiger partial charge is 0.414 e. The highest BCUT2D eigenvalue weighted by Crippen LogP contribution is 2.28. The Kier molecular flexibility index (Phi) is 5.74. The molecule has 1 aromatic rings. The molecular formula is C16H19BrFN3O4. The van der Waals surface area contributed by atoms with E-state index in [2.05, 4.69) is 21.2 Å². The monoisotopic (exact) mass is 415 g/mol. The Balaban J connectivity index is 1.66. The highest BCUT2D eigenvalue weighted by molar-refractivity contribution is 9.09. The molecule has 1 atom stereocenters. The minimum Gasteiger partial charge on any atom is -0.442 e. The first-order chi connectivity index (χ1) is 12.1. The van der Waals surface area contributed by atoms with Crippen molar-refractivity contribution in [2.24, 2.45) is 0 Å². The lowest BCUT2D eigenvalue weighted by Gasteiger charge is -2.29. The van der Waals surface area contributed by atoms with E-state index in [1.54, 1.807) is 12.1 Å². The molecule has 1 N–H and O–H groups in total. The van der Waals surface area contributed by atoms with Gasteiger partial charge in [-0.25, -0.2) is 9.18 Å². The van der Waals surface area contributed by atoms with Gasteiger partial charge in [-0.15, -0.1) is 0 Å². The molecule has 0 saturated carbocycles. The highest BCUT2D eigenvalue weighted by Gasteiger charge is 2.33. The minimum absolute atomic E-state index is 0.185. The number of alkyl halides is 1. The highest BCUT2D eigenvalue weighted by atomic mass is 79.9. The van der Waals surface area contributed by atoms with Gasteiger partial charge in [-0.2, -0.15) is 0 Å². The molecule has 1 aromatic carbocycles. The summed E-state index contributed by atoms with van der Waals surface area (Å²) in [5.74, 6) is -0.571. The number of morpholine rings is 1. The van der Waals surface area contributed by atoms with Gasteiger partial charge in [-0.1, -0.05) is 15.9 Å². The number of halogens is 2. The van der Waals surface area contributed by atoms with E-state index in [0.29, 0.717) is 37.7 Å². The third-order valence-electron chi connectivity index (χ3n) is 4.12. The van der Waals surface area contributed by atoms with Gasteiger partial charge in [-0.05, 0) is 18.2 Å². The van der Waals surface area contributed by atoms with E-state index in [1.807, 2.05) is 4.90 Å². The van der Waals surface area contributed by atoms with Crippen molar-refractivity contribution >= 4 is 39.3 Å². The van der Waals surface area contributed by atoms with E-state index < -0.39 is 12.2 Å². The molecule has 2 aliphatic heterocycles. The SMILES string of the molecule is O=C(CBr)NC[C@H]1CN(c2ccc(N3CCOCC3)c(F)c2)C(=O)O1. The molecule has 0 aliphatic carbocycles. The maximum atomic E-state index is 14.5. The summed E-state index contributed by atoms with van der Waals surface area (Å²) in [5, 5.41) is 2.83. The fraction of sp³-hybridized carbons (Fsp3) is 0.500. The lowest BCUT2D eigenvalue weighted by molar-refractivity contribution is -0.118. The number of nitrogens with zero attached hydrogens (tertiary/aromatic N) is 2. The first kappa shape index (κ1) is 17.9. The second kappa shape index (κ2) is 8.01. The van der Waals surface area contributed by atoms with Crippen LogP contribution in [0.25, 0.3) is 0 Å². The molecule has 3 rings (SSSR count). The van der Waals surface area contributed by atoms with Crippen LogP contribution in [0.3, 0.4) is 0 Å². The second-order valence-corrected chi connectivity index (χ2v) is 6.35. The first-order valence-corrected chi connectivity index (χ1v) is 9.13. The van der Waals surface area contributed by atoms with Gasteiger partial charge in [0.25, 0.3) is 0 Å². The van der Waals surface area contributed by atoms with Crippen LogP contribution in [0.5, 0.6) is 0 Å². The molecule has 7 nitrogen and oxygen atoms in total. The van der Waals surface area contributed by atoms with Gasteiger partial charge in [0.2, 0.25) is 5.91 Å². The number of ether oxygens (including phenoxy) is 2. The standard InChI is InChI=1S/C16H19BrFN3O4/c17-8-15(22)19-9-12-10-21(16(23)25-12)11-1-2-14(13(18)7-11)20-3-5-24-6-4-20/h1-2,7,12H,3-6,8-10H2,(H,19,22)/t12-/m0/s1. The van der Waals surface area contributed by atoms with E-state index >= 15 is 0 Å². The summed E-state index contributed by atoms with van der Waals surface area (Å²) >= 11 is 3.05. The van der Waals surface area contributed by atoms with Crippen LogP contribution in [0, 0.1) is 5.82 Å². The largest absolute Gasteiger partial charge is 0.442 e. The van der Waals surface area contributed by atoms with E-state index in [4.69, 9.17) is 9.47 Å². The molecular weight excluding hydrogens is 397 g/mol. The zero-order chi connectivity index (χ0) is 17.8. The first-order valence-electron chi connectivity index (χ1n) is 8.01. The van der Waals surface area contributed by atoms with Crippen LogP contribution >= 0.6 is 15.9 Å². The van der Waals surface area contributed by atoms with Crippen LogP contribution in [0.4, 0.5) is 20.6 Å². The second-order valence-electron chi connectivity index (χ2n) is 5.79. The molecule has 2 amide bonds. The van der Waals surface area contributed by atoms with Crippen LogP contribution in [-0.2, 0) is 14.3 Å². The topological polar surface area (TPSA) is 71.1 Å². The van der Waals surface area contributed by atoms with E-state index in [1.165, 1.54) is 11.0 Å². The number of carbonyl (C=O) groups excluding carboxylic acids is 2. The Morgan fingerprint density at radius 3 is 2.80 bits per heavy atom. The number of hydrogen-bond acceptors (Lipinski definition) is 5. The zero-order valence-corrected chi connectivity index (χ0v) is 15.1. The molecule has 0 bridgehead atoms. The molecule has 0 aromatic heterocycles. The molecule has 2 heterocycles. The predicted octanol–water partition coefficient (Wildman–Crippen LogP) is 1.50. The van der Waals surface area contributed by atoms with E-state index in [9.17, 15) is 14.0 Å². The molecule has 0 unspecified atom stereocenters. The summed E-state index contributed by atoms with van der Waals surface area (Å²) in [5.41, 5.74) is 0.939. The molecule has 25 heavy (non-hydrogen) atoms. The van der Waals surface area contributed by atoms with Crippen molar-refractivity contribution in [2.45, 2.75) is 6.10 Å². The molecule has 0 radical (unpaired) electrons. The van der Waals surface area contributed by atoms with Gasteiger partial charge in [0, 0.05) is 13.1 Å². The van der Waals surface area contributed by atoms with Gasteiger partial charge in [0.05, 0.1) is 43.0 Å². The number of rotatable bonds is 5. The number of benzene rings is 1. The van der Waals surface area contributed by atoms with Gasteiger partial charge in [-0.3, -0.25) is 9.69 Å². The Hall–Kier alpha value is -1.87. The molecule has 9 heteroatoms. The zero-order valence-electron chi connectivity index (χ0n) is 13.5. The average Bonchev–Trinajstić information content (AvgIpc) is 3.01. The molecule has 2 fully saturated rings. The van der Waals surface area contributed by atoms with Crippen LogP contribution in [0.2, 0.25) is 0 Å². The molecule has 136 valence electrons. The molecule has 2 aliphatic rings. The third-order valence-corrected chi connectivity index (χ3v) is 4.63. The summed E-state index contributed by atoms with van der Waals surface area (Å²) in [7, 11) is 0. The van der Waals surface area contributed by atoms with Crippen LogP contribution < -0.4 is 15.1 Å². The van der Waals surface area contributed by atoms with Crippen molar-refractivity contribution in [1.82, 2.24) is 5.32 Å². The summed E-state index contributed by atoms with van der Waals surface area (Å²) < 4.78 is 25.0. The van der Waals surface area contributed by atoms with Gasteiger partial charge in [0.15, 0.2) is 0 Å². The van der Waals surface area contributed by atoms with Crippen LogP contribution in [0.1, 0.15) is 0 Å². The number of nitrogens with one attached hydrogen (secondary N) is 1. The summed E-state index contributed by atoms with van der Waals surface area (Å²) in [6.45, 7) is 2.90. The maximum Gasteiger partial charge on any atom is 0.414 e. The Bertz CT molecular complexity index is 654. The van der Waals surface area contributed by atoms with Gasteiger partial charge in [0.1, 0.15) is 11.9 Å². The molecule has 0 spiro atoms. The van der Waals surface area contributed by atoms with Gasteiger partial charge >= 0.3 is 6.09 Å². The summed E-state index contributed by atoms with van der Waals surface area (Å²) in [6, 6.07) is 4.71. The lowest BCUT2D eigenvalue weighted by Crippen LogP contribution is -2.37.